The second-order valence-electron chi connectivity index (χ2n) is 5.47. The smallest absolute Gasteiger partial charge is 0.263 e. The average molecular weight is 312 g/mol. The summed E-state index contributed by atoms with van der Waals surface area (Å²) in [5.41, 5.74) is 0. The lowest BCUT2D eigenvalue weighted by molar-refractivity contribution is -0.118. The molecule has 0 unspecified atom stereocenters. The van der Waals surface area contributed by atoms with Crippen LogP contribution in [0.3, 0.4) is 0 Å². The van der Waals surface area contributed by atoms with Crippen LogP contribution in [-0.4, -0.2) is 35.8 Å². The van der Waals surface area contributed by atoms with E-state index in [1.807, 2.05) is 24.3 Å². The second-order valence-corrected chi connectivity index (χ2v) is 5.47. The number of aromatic nitrogens is 2. The van der Waals surface area contributed by atoms with E-state index in [-0.39, 0.29) is 12.5 Å². The van der Waals surface area contributed by atoms with Crippen LogP contribution < -0.4 is 15.0 Å². The first-order valence-electron chi connectivity index (χ1n) is 7.88. The maximum atomic E-state index is 11.9. The molecule has 1 N–H and O–H groups in total. The first-order valence-corrected chi connectivity index (χ1v) is 7.88. The minimum Gasteiger partial charge on any atom is -0.484 e. The van der Waals surface area contributed by atoms with Gasteiger partial charge in [0.25, 0.3) is 5.91 Å². The predicted molar refractivity (Wildman–Crippen MR) is 88.7 cm³/mol. The van der Waals surface area contributed by atoms with Crippen LogP contribution in [0, 0.1) is 0 Å². The van der Waals surface area contributed by atoms with Crippen LogP contribution >= 0.6 is 0 Å². The van der Waals surface area contributed by atoms with Gasteiger partial charge >= 0.3 is 0 Å². The molecule has 0 bridgehead atoms. The molecule has 120 valence electrons. The number of benzene rings is 1. The Labute approximate surface area is 135 Å². The van der Waals surface area contributed by atoms with Gasteiger partial charge in [-0.3, -0.25) is 4.79 Å². The summed E-state index contributed by atoms with van der Waals surface area (Å²) < 4.78 is 5.39. The van der Waals surface area contributed by atoms with Crippen LogP contribution in [-0.2, 0) is 4.79 Å². The van der Waals surface area contributed by atoms with Gasteiger partial charge < -0.3 is 15.0 Å². The zero-order valence-electron chi connectivity index (χ0n) is 12.9. The van der Waals surface area contributed by atoms with Gasteiger partial charge in [0.05, 0.1) is 0 Å². The van der Waals surface area contributed by atoms with Crippen molar-refractivity contribution in [2.45, 2.75) is 19.3 Å². The van der Waals surface area contributed by atoms with Gasteiger partial charge in [0.1, 0.15) is 5.75 Å². The van der Waals surface area contributed by atoms with E-state index in [2.05, 4.69) is 20.4 Å². The summed E-state index contributed by atoms with van der Waals surface area (Å²) in [6.07, 6.45) is 3.66. The molecule has 23 heavy (non-hydrogen) atoms. The number of amides is 1. The Kier molecular flexibility index (Phi) is 5.03. The van der Waals surface area contributed by atoms with Crippen molar-refractivity contribution in [3.8, 4) is 5.75 Å². The molecule has 2 heterocycles. The van der Waals surface area contributed by atoms with Gasteiger partial charge in [-0.05, 0) is 43.5 Å². The third-order valence-corrected chi connectivity index (χ3v) is 3.71. The van der Waals surface area contributed by atoms with Crippen LogP contribution in [0.1, 0.15) is 19.3 Å². The monoisotopic (exact) mass is 312 g/mol. The van der Waals surface area contributed by atoms with Crippen molar-refractivity contribution in [3.63, 3.8) is 0 Å². The number of ether oxygens (including phenoxy) is 1. The number of para-hydroxylation sites is 1. The van der Waals surface area contributed by atoms with E-state index in [1.165, 1.54) is 19.3 Å². The SMILES string of the molecule is O=C(COc1ccccc1)Nc1ccc(N2CCCCC2)nn1. The minimum absolute atomic E-state index is 0.0560. The number of carbonyl (C=O) groups is 1. The molecule has 0 spiro atoms. The summed E-state index contributed by atoms with van der Waals surface area (Å²) in [5, 5.41) is 11.0. The summed E-state index contributed by atoms with van der Waals surface area (Å²) in [4.78, 5) is 14.1. The van der Waals surface area contributed by atoms with Crippen LogP contribution in [0.4, 0.5) is 11.6 Å². The molecule has 0 radical (unpaired) electrons. The Morgan fingerprint density at radius 3 is 2.52 bits per heavy atom. The number of carbonyl (C=O) groups excluding carboxylic acids is 1. The fourth-order valence-electron chi connectivity index (χ4n) is 2.53. The first kappa shape index (κ1) is 15.3. The molecule has 1 aromatic heterocycles. The average Bonchev–Trinajstić information content (AvgIpc) is 2.62. The molecule has 0 aliphatic carbocycles. The van der Waals surface area contributed by atoms with Gasteiger partial charge in [-0.25, -0.2) is 0 Å². The summed E-state index contributed by atoms with van der Waals surface area (Å²) in [6, 6.07) is 12.9. The molecular formula is C17H20N4O2. The lowest BCUT2D eigenvalue weighted by Gasteiger charge is -2.27. The Morgan fingerprint density at radius 1 is 1.04 bits per heavy atom. The predicted octanol–water partition coefficient (Wildman–Crippen LogP) is 2.48. The van der Waals surface area contributed by atoms with Crippen molar-refractivity contribution in [1.29, 1.82) is 0 Å². The lowest BCUT2D eigenvalue weighted by Crippen LogP contribution is -2.30. The van der Waals surface area contributed by atoms with Gasteiger partial charge in [-0.2, -0.15) is 0 Å². The van der Waals surface area contributed by atoms with E-state index in [4.69, 9.17) is 4.74 Å². The molecule has 6 nitrogen and oxygen atoms in total. The Bertz CT molecular complexity index is 625. The van der Waals surface area contributed by atoms with E-state index in [0.29, 0.717) is 11.6 Å². The number of hydrogen-bond donors (Lipinski definition) is 1. The molecule has 1 saturated heterocycles. The van der Waals surface area contributed by atoms with E-state index in [9.17, 15) is 4.79 Å². The quantitative estimate of drug-likeness (QED) is 0.918. The number of nitrogens with zero attached hydrogens (tertiary/aromatic N) is 3. The summed E-state index contributed by atoms with van der Waals surface area (Å²) in [7, 11) is 0. The van der Waals surface area contributed by atoms with Crippen LogP contribution in [0.5, 0.6) is 5.75 Å². The molecule has 1 aliphatic rings. The maximum Gasteiger partial charge on any atom is 0.263 e. The molecule has 6 heteroatoms. The van der Waals surface area contributed by atoms with Crippen molar-refractivity contribution in [1.82, 2.24) is 10.2 Å². The van der Waals surface area contributed by atoms with E-state index >= 15 is 0 Å². The number of anilines is 2. The van der Waals surface area contributed by atoms with Crippen molar-refractivity contribution >= 4 is 17.5 Å². The molecule has 0 atom stereocenters. The Morgan fingerprint density at radius 2 is 1.83 bits per heavy atom. The molecule has 1 aromatic carbocycles. The fraction of sp³-hybridized carbons (Fsp3) is 0.353. The molecular weight excluding hydrogens is 292 g/mol. The Hall–Kier alpha value is -2.63. The summed E-state index contributed by atoms with van der Waals surface area (Å²) >= 11 is 0. The van der Waals surface area contributed by atoms with E-state index in [1.54, 1.807) is 18.2 Å². The molecule has 1 aliphatic heterocycles. The highest BCUT2D eigenvalue weighted by Gasteiger charge is 2.13. The van der Waals surface area contributed by atoms with Crippen molar-refractivity contribution in [2.24, 2.45) is 0 Å². The Balaban J connectivity index is 1.50. The zero-order chi connectivity index (χ0) is 15.9. The highest BCUT2D eigenvalue weighted by molar-refractivity contribution is 5.90. The van der Waals surface area contributed by atoms with Gasteiger partial charge in [0.15, 0.2) is 18.2 Å². The molecule has 3 rings (SSSR count). The largest absolute Gasteiger partial charge is 0.484 e. The maximum absolute atomic E-state index is 11.9. The zero-order valence-corrected chi connectivity index (χ0v) is 12.9. The highest BCUT2D eigenvalue weighted by atomic mass is 16.5. The lowest BCUT2D eigenvalue weighted by atomic mass is 10.1. The minimum atomic E-state index is -0.256. The van der Waals surface area contributed by atoms with E-state index < -0.39 is 0 Å². The van der Waals surface area contributed by atoms with Crippen molar-refractivity contribution in [2.75, 3.05) is 29.9 Å². The van der Waals surface area contributed by atoms with Gasteiger partial charge in [0.2, 0.25) is 0 Å². The first-order chi connectivity index (χ1) is 11.3. The summed E-state index contributed by atoms with van der Waals surface area (Å²) in [6.45, 7) is 1.98. The molecule has 1 amide bonds. The second kappa shape index (κ2) is 7.58. The number of rotatable bonds is 5. The van der Waals surface area contributed by atoms with Crippen LogP contribution in [0.25, 0.3) is 0 Å². The van der Waals surface area contributed by atoms with Crippen molar-refractivity contribution < 1.29 is 9.53 Å². The third kappa shape index (κ3) is 4.42. The molecule has 2 aromatic rings. The van der Waals surface area contributed by atoms with E-state index in [0.717, 1.165) is 18.9 Å². The fourth-order valence-corrected chi connectivity index (χ4v) is 2.53. The number of piperidine rings is 1. The molecule has 0 saturated carbocycles. The summed E-state index contributed by atoms with van der Waals surface area (Å²) in [5.74, 6) is 1.71. The van der Waals surface area contributed by atoms with Gasteiger partial charge in [0, 0.05) is 13.1 Å². The van der Waals surface area contributed by atoms with Gasteiger partial charge in [-0.1, -0.05) is 18.2 Å². The highest BCUT2D eigenvalue weighted by Crippen LogP contribution is 2.17. The van der Waals surface area contributed by atoms with Gasteiger partial charge in [-0.15, -0.1) is 10.2 Å². The molecule has 1 fully saturated rings. The van der Waals surface area contributed by atoms with Crippen LogP contribution in [0.2, 0.25) is 0 Å². The third-order valence-electron chi connectivity index (χ3n) is 3.71. The number of nitrogens with one attached hydrogen (secondary N) is 1. The normalized spacial score (nSPS) is 14.3. The van der Waals surface area contributed by atoms with Crippen LogP contribution in [0.15, 0.2) is 42.5 Å². The standard InChI is InChI=1S/C17H20N4O2/c22-17(13-23-14-7-3-1-4-8-14)18-15-9-10-16(20-19-15)21-11-5-2-6-12-21/h1,3-4,7-10H,2,5-6,11-13H2,(H,18,19,22). The topological polar surface area (TPSA) is 67.3 Å². The number of hydrogen-bond acceptors (Lipinski definition) is 5. The van der Waals surface area contributed by atoms with Crippen molar-refractivity contribution in [3.05, 3.63) is 42.5 Å².